The standard InChI is InChI=1S/C19H26N2O/c1-5-12-21(13-6-2)18-11-10-15(14-22)16-8-7-9-17(19(16)18)20(3)4/h7-11,14H,5-6,12-13H2,1-4H3. The average Bonchev–Trinajstić information content (AvgIpc) is 2.53. The number of rotatable bonds is 7. The molecule has 0 bridgehead atoms. The van der Waals surface area contributed by atoms with Gasteiger partial charge in [-0.25, -0.2) is 0 Å². The molecule has 3 nitrogen and oxygen atoms in total. The van der Waals surface area contributed by atoms with Crippen molar-refractivity contribution >= 4 is 28.4 Å². The van der Waals surface area contributed by atoms with Crippen molar-refractivity contribution in [2.24, 2.45) is 0 Å². The first-order chi connectivity index (χ1) is 10.6. The Bertz CT molecular complexity index is 643. The van der Waals surface area contributed by atoms with E-state index in [1.54, 1.807) is 0 Å². The van der Waals surface area contributed by atoms with Gasteiger partial charge in [0.2, 0.25) is 0 Å². The van der Waals surface area contributed by atoms with Gasteiger partial charge in [-0.3, -0.25) is 4.79 Å². The highest BCUT2D eigenvalue weighted by molar-refractivity contribution is 6.10. The van der Waals surface area contributed by atoms with Crippen LogP contribution in [0.3, 0.4) is 0 Å². The fourth-order valence-corrected chi connectivity index (χ4v) is 3.02. The van der Waals surface area contributed by atoms with Gasteiger partial charge >= 0.3 is 0 Å². The molecule has 0 unspecified atom stereocenters. The van der Waals surface area contributed by atoms with Crippen LogP contribution in [0.5, 0.6) is 0 Å². The third-order valence-electron chi connectivity index (χ3n) is 3.97. The molecule has 2 rings (SSSR count). The molecule has 0 aliphatic carbocycles. The molecule has 0 saturated heterocycles. The first-order valence-electron chi connectivity index (χ1n) is 8.07. The lowest BCUT2D eigenvalue weighted by Crippen LogP contribution is -2.25. The molecule has 0 aromatic heterocycles. The topological polar surface area (TPSA) is 23.6 Å². The zero-order valence-electron chi connectivity index (χ0n) is 14.1. The van der Waals surface area contributed by atoms with Crippen molar-refractivity contribution in [3.8, 4) is 0 Å². The summed E-state index contributed by atoms with van der Waals surface area (Å²) in [7, 11) is 4.10. The van der Waals surface area contributed by atoms with Gasteiger partial charge in [0, 0.05) is 49.5 Å². The maximum Gasteiger partial charge on any atom is 0.150 e. The van der Waals surface area contributed by atoms with Crippen molar-refractivity contribution in [3.63, 3.8) is 0 Å². The monoisotopic (exact) mass is 298 g/mol. The molecule has 0 amide bonds. The molecule has 3 heteroatoms. The van der Waals surface area contributed by atoms with E-state index < -0.39 is 0 Å². The number of benzene rings is 2. The van der Waals surface area contributed by atoms with E-state index in [-0.39, 0.29) is 0 Å². The second-order valence-corrected chi connectivity index (χ2v) is 5.87. The molecule has 2 aromatic rings. The molecule has 0 radical (unpaired) electrons. The highest BCUT2D eigenvalue weighted by Gasteiger charge is 2.15. The Hall–Kier alpha value is -2.03. The lowest BCUT2D eigenvalue weighted by molar-refractivity contribution is 0.112. The highest BCUT2D eigenvalue weighted by Crippen LogP contribution is 2.36. The summed E-state index contributed by atoms with van der Waals surface area (Å²) in [5.74, 6) is 0. The quantitative estimate of drug-likeness (QED) is 0.710. The number of carbonyl (C=O) groups excluding carboxylic acids is 1. The first kappa shape index (κ1) is 16.3. The summed E-state index contributed by atoms with van der Waals surface area (Å²) in [6, 6.07) is 10.2. The molecule has 0 atom stereocenters. The van der Waals surface area contributed by atoms with Crippen LogP contribution in [0.2, 0.25) is 0 Å². The van der Waals surface area contributed by atoms with Crippen molar-refractivity contribution in [2.75, 3.05) is 37.0 Å². The summed E-state index contributed by atoms with van der Waals surface area (Å²) in [5.41, 5.74) is 3.15. The van der Waals surface area contributed by atoms with Crippen LogP contribution in [0, 0.1) is 0 Å². The van der Waals surface area contributed by atoms with Gasteiger partial charge in [0.1, 0.15) is 0 Å². The van der Waals surface area contributed by atoms with Gasteiger partial charge in [-0.1, -0.05) is 26.0 Å². The molecule has 0 N–H and O–H groups in total. The molecule has 0 heterocycles. The number of carbonyl (C=O) groups is 1. The number of fused-ring (bicyclic) bond motifs is 1. The van der Waals surface area contributed by atoms with Crippen molar-refractivity contribution < 1.29 is 4.79 Å². The maximum absolute atomic E-state index is 11.4. The Morgan fingerprint density at radius 2 is 1.64 bits per heavy atom. The maximum atomic E-state index is 11.4. The third-order valence-corrected chi connectivity index (χ3v) is 3.97. The normalized spacial score (nSPS) is 10.7. The molecule has 0 aliphatic rings. The van der Waals surface area contributed by atoms with Crippen LogP contribution < -0.4 is 9.80 Å². The molecule has 0 aliphatic heterocycles. The van der Waals surface area contributed by atoms with Crippen molar-refractivity contribution in [2.45, 2.75) is 26.7 Å². The summed E-state index contributed by atoms with van der Waals surface area (Å²) in [6.07, 6.45) is 3.18. The largest absolute Gasteiger partial charge is 0.377 e. The molecule has 0 spiro atoms. The Morgan fingerprint density at radius 3 is 2.18 bits per heavy atom. The van der Waals surface area contributed by atoms with E-state index in [0.717, 1.165) is 48.9 Å². The molecule has 118 valence electrons. The Labute approximate surface area is 133 Å². The van der Waals surface area contributed by atoms with Crippen LogP contribution in [-0.4, -0.2) is 33.5 Å². The van der Waals surface area contributed by atoms with Crippen LogP contribution in [0.4, 0.5) is 11.4 Å². The average molecular weight is 298 g/mol. The summed E-state index contributed by atoms with van der Waals surface area (Å²) >= 11 is 0. The fraction of sp³-hybridized carbons (Fsp3) is 0.421. The molecule has 0 fully saturated rings. The van der Waals surface area contributed by atoms with Crippen LogP contribution >= 0.6 is 0 Å². The third kappa shape index (κ3) is 3.08. The summed E-state index contributed by atoms with van der Waals surface area (Å²) in [5, 5.41) is 2.22. The minimum atomic E-state index is 0.760. The van der Waals surface area contributed by atoms with Crippen LogP contribution in [0.1, 0.15) is 37.0 Å². The summed E-state index contributed by atoms with van der Waals surface area (Å²) in [6.45, 7) is 6.48. The summed E-state index contributed by atoms with van der Waals surface area (Å²) in [4.78, 5) is 16.0. The minimum Gasteiger partial charge on any atom is -0.377 e. The second kappa shape index (κ2) is 7.30. The van der Waals surface area contributed by atoms with E-state index in [2.05, 4.69) is 49.9 Å². The second-order valence-electron chi connectivity index (χ2n) is 5.87. The lowest BCUT2D eigenvalue weighted by atomic mass is 10.0. The number of anilines is 2. The fourth-order valence-electron chi connectivity index (χ4n) is 3.02. The molecular weight excluding hydrogens is 272 g/mol. The molecule has 2 aromatic carbocycles. The lowest BCUT2D eigenvalue weighted by Gasteiger charge is -2.28. The predicted molar refractivity (Wildman–Crippen MR) is 96.5 cm³/mol. The van der Waals surface area contributed by atoms with E-state index in [9.17, 15) is 4.79 Å². The van der Waals surface area contributed by atoms with Crippen LogP contribution in [-0.2, 0) is 0 Å². The Kier molecular flexibility index (Phi) is 5.42. The zero-order chi connectivity index (χ0) is 16.1. The van der Waals surface area contributed by atoms with Gasteiger partial charge in [-0.15, -0.1) is 0 Å². The number of hydrogen-bond acceptors (Lipinski definition) is 3. The van der Waals surface area contributed by atoms with E-state index >= 15 is 0 Å². The van der Waals surface area contributed by atoms with Gasteiger partial charge in [0.15, 0.2) is 6.29 Å². The van der Waals surface area contributed by atoms with Gasteiger partial charge in [0.05, 0.1) is 0 Å². The van der Waals surface area contributed by atoms with Crippen molar-refractivity contribution in [1.29, 1.82) is 0 Å². The first-order valence-corrected chi connectivity index (χ1v) is 8.07. The van der Waals surface area contributed by atoms with Gasteiger partial charge < -0.3 is 9.80 Å². The number of nitrogens with zero attached hydrogens (tertiary/aromatic N) is 2. The minimum absolute atomic E-state index is 0.760. The highest BCUT2D eigenvalue weighted by atomic mass is 16.1. The summed E-state index contributed by atoms with van der Waals surface area (Å²) < 4.78 is 0. The number of hydrogen-bond donors (Lipinski definition) is 0. The SMILES string of the molecule is CCCN(CCC)c1ccc(C=O)c2cccc(N(C)C)c12. The van der Waals surface area contributed by atoms with E-state index in [4.69, 9.17) is 0 Å². The zero-order valence-corrected chi connectivity index (χ0v) is 14.1. The van der Waals surface area contributed by atoms with E-state index in [1.165, 1.54) is 11.1 Å². The van der Waals surface area contributed by atoms with Crippen LogP contribution in [0.25, 0.3) is 10.8 Å². The molecule has 0 saturated carbocycles. The molecule has 22 heavy (non-hydrogen) atoms. The van der Waals surface area contributed by atoms with E-state index in [1.807, 2.05) is 18.2 Å². The van der Waals surface area contributed by atoms with Crippen molar-refractivity contribution in [1.82, 2.24) is 0 Å². The van der Waals surface area contributed by atoms with E-state index in [0.29, 0.717) is 0 Å². The number of aldehydes is 1. The molecular formula is C19H26N2O. The smallest absolute Gasteiger partial charge is 0.150 e. The van der Waals surface area contributed by atoms with Gasteiger partial charge in [-0.05, 0) is 36.4 Å². The van der Waals surface area contributed by atoms with Crippen molar-refractivity contribution in [3.05, 3.63) is 35.9 Å². The van der Waals surface area contributed by atoms with Gasteiger partial charge in [0.25, 0.3) is 0 Å². The van der Waals surface area contributed by atoms with Gasteiger partial charge in [-0.2, -0.15) is 0 Å². The van der Waals surface area contributed by atoms with Crippen LogP contribution in [0.15, 0.2) is 30.3 Å². The Balaban J connectivity index is 2.75. The predicted octanol–water partition coefficient (Wildman–Crippen LogP) is 4.34. The Morgan fingerprint density at radius 1 is 0.955 bits per heavy atom.